The van der Waals surface area contributed by atoms with Gasteiger partial charge in [0.2, 0.25) is 0 Å². The van der Waals surface area contributed by atoms with Crippen LogP contribution < -0.4 is 10.1 Å². The highest BCUT2D eigenvalue weighted by molar-refractivity contribution is 5.34. The van der Waals surface area contributed by atoms with E-state index in [2.05, 4.69) is 30.4 Å². The number of para-hydroxylation sites is 1. The average molecular weight is 285 g/mol. The predicted molar refractivity (Wildman–Crippen MR) is 83.7 cm³/mol. The molecule has 0 bridgehead atoms. The van der Waals surface area contributed by atoms with E-state index in [4.69, 9.17) is 9.15 Å². The molecule has 0 aliphatic heterocycles. The first-order chi connectivity index (χ1) is 10.3. The second-order valence-electron chi connectivity index (χ2n) is 5.83. The first-order valence-electron chi connectivity index (χ1n) is 7.72. The summed E-state index contributed by atoms with van der Waals surface area (Å²) < 4.78 is 11.0. The molecule has 3 heteroatoms. The van der Waals surface area contributed by atoms with E-state index in [0.717, 1.165) is 24.4 Å². The average Bonchev–Trinajstić information content (AvgIpc) is 2.97. The largest absolute Gasteiger partial charge is 0.496 e. The molecule has 0 spiro atoms. The predicted octanol–water partition coefficient (Wildman–Crippen LogP) is 3.89. The van der Waals surface area contributed by atoms with E-state index in [-0.39, 0.29) is 0 Å². The lowest BCUT2D eigenvalue weighted by molar-refractivity contribution is 0.374. The standard InChI is InChI=1S/C18H23NO2/c1-13(12-14-6-3-4-8-17(14)20-2)19-16-7-5-9-18-15(16)10-11-21-18/h3-4,6,8,10-11,13,16,19H,5,7,9,12H2,1-2H3. The van der Waals surface area contributed by atoms with Crippen molar-refractivity contribution < 1.29 is 9.15 Å². The van der Waals surface area contributed by atoms with Gasteiger partial charge >= 0.3 is 0 Å². The van der Waals surface area contributed by atoms with Crippen LogP contribution >= 0.6 is 0 Å². The number of benzene rings is 1. The van der Waals surface area contributed by atoms with Crippen LogP contribution in [0.15, 0.2) is 41.0 Å². The number of methoxy groups -OCH3 is 1. The Morgan fingerprint density at radius 1 is 1.33 bits per heavy atom. The molecule has 0 fully saturated rings. The molecule has 0 amide bonds. The molecule has 112 valence electrons. The summed E-state index contributed by atoms with van der Waals surface area (Å²) in [5.41, 5.74) is 2.59. The Morgan fingerprint density at radius 3 is 3.05 bits per heavy atom. The minimum absolute atomic E-state index is 0.396. The number of rotatable bonds is 5. The number of nitrogens with one attached hydrogen (secondary N) is 1. The summed E-state index contributed by atoms with van der Waals surface area (Å²) in [5, 5.41) is 3.75. The Hall–Kier alpha value is -1.74. The second kappa shape index (κ2) is 6.35. The van der Waals surface area contributed by atoms with E-state index < -0.39 is 0 Å². The molecular formula is C18H23NO2. The maximum Gasteiger partial charge on any atom is 0.122 e. The van der Waals surface area contributed by atoms with Gasteiger partial charge in [0.05, 0.1) is 13.4 Å². The van der Waals surface area contributed by atoms with Gasteiger partial charge in [0.25, 0.3) is 0 Å². The molecule has 1 heterocycles. The summed E-state index contributed by atoms with van der Waals surface area (Å²) >= 11 is 0. The highest BCUT2D eigenvalue weighted by atomic mass is 16.5. The van der Waals surface area contributed by atoms with E-state index >= 15 is 0 Å². The van der Waals surface area contributed by atoms with Gasteiger partial charge < -0.3 is 14.5 Å². The molecule has 1 N–H and O–H groups in total. The Labute approximate surface area is 126 Å². The van der Waals surface area contributed by atoms with Crippen molar-refractivity contribution in [2.75, 3.05) is 7.11 Å². The molecular weight excluding hydrogens is 262 g/mol. The molecule has 2 unspecified atom stereocenters. The topological polar surface area (TPSA) is 34.4 Å². The van der Waals surface area contributed by atoms with Crippen molar-refractivity contribution in [3.8, 4) is 5.75 Å². The monoisotopic (exact) mass is 285 g/mol. The van der Waals surface area contributed by atoms with Crippen molar-refractivity contribution in [1.82, 2.24) is 5.32 Å². The van der Waals surface area contributed by atoms with Crippen LogP contribution in [0, 0.1) is 0 Å². The lowest BCUT2D eigenvalue weighted by atomic mass is 9.92. The minimum atomic E-state index is 0.396. The van der Waals surface area contributed by atoms with Gasteiger partial charge in [-0.1, -0.05) is 18.2 Å². The van der Waals surface area contributed by atoms with Crippen molar-refractivity contribution in [3.63, 3.8) is 0 Å². The summed E-state index contributed by atoms with van der Waals surface area (Å²) in [6, 6.07) is 11.2. The molecule has 21 heavy (non-hydrogen) atoms. The van der Waals surface area contributed by atoms with Gasteiger partial charge in [0.1, 0.15) is 11.5 Å². The van der Waals surface area contributed by atoms with Crippen molar-refractivity contribution in [3.05, 3.63) is 53.5 Å². The Balaban J connectivity index is 1.66. The number of hydrogen-bond donors (Lipinski definition) is 1. The number of ether oxygens (including phenoxy) is 1. The van der Waals surface area contributed by atoms with Crippen molar-refractivity contribution in [1.29, 1.82) is 0 Å². The maximum absolute atomic E-state index is 5.56. The third-order valence-electron chi connectivity index (χ3n) is 4.26. The summed E-state index contributed by atoms with van der Waals surface area (Å²) in [4.78, 5) is 0. The van der Waals surface area contributed by atoms with Crippen LogP contribution in [-0.4, -0.2) is 13.2 Å². The first kappa shape index (κ1) is 14.2. The highest BCUT2D eigenvalue weighted by Gasteiger charge is 2.23. The number of hydrogen-bond acceptors (Lipinski definition) is 3. The molecule has 1 aromatic heterocycles. The Bertz CT molecular complexity index is 590. The van der Waals surface area contributed by atoms with Crippen molar-refractivity contribution >= 4 is 0 Å². The number of aryl methyl sites for hydroxylation is 1. The fourth-order valence-electron chi connectivity index (χ4n) is 3.26. The summed E-state index contributed by atoms with van der Waals surface area (Å²) in [5.74, 6) is 2.13. The molecule has 0 radical (unpaired) electrons. The van der Waals surface area contributed by atoms with Crippen LogP contribution in [0.25, 0.3) is 0 Å². The van der Waals surface area contributed by atoms with Crippen LogP contribution in [0.1, 0.15) is 42.7 Å². The van der Waals surface area contributed by atoms with Crippen LogP contribution in [0.5, 0.6) is 5.75 Å². The molecule has 1 aliphatic rings. The molecule has 0 saturated heterocycles. The number of fused-ring (bicyclic) bond motifs is 1. The zero-order chi connectivity index (χ0) is 14.7. The van der Waals surface area contributed by atoms with E-state index in [0.29, 0.717) is 12.1 Å². The van der Waals surface area contributed by atoms with Crippen LogP contribution in [0.3, 0.4) is 0 Å². The summed E-state index contributed by atoms with van der Waals surface area (Å²) in [6.07, 6.45) is 6.23. The van der Waals surface area contributed by atoms with E-state index in [1.54, 1.807) is 7.11 Å². The summed E-state index contributed by atoms with van der Waals surface area (Å²) in [7, 11) is 1.73. The van der Waals surface area contributed by atoms with Gasteiger partial charge in [0, 0.05) is 24.1 Å². The second-order valence-corrected chi connectivity index (χ2v) is 5.83. The van der Waals surface area contributed by atoms with E-state index in [1.165, 1.54) is 24.0 Å². The van der Waals surface area contributed by atoms with Crippen LogP contribution in [0.2, 0.25) is 0 Å². The third kappa shape index (κ3) is 3.13. The van der Waals surface area contributed by atoms with Gasteiger partial charge in [-0.3, -0.25) is 0 Å². The SMILES string of the molecule is COc1ccccc1CC(C)NC1CCCc2occc21. The van der Waals surface area contributed by atoms with Gasteiger partial charge in [-0.25, -0.2) is 0 Å². The summed E-state index contributed by atoms with van der Waals surface area (Å²) in [6.45, 7) is 2.24. The van der Waals surface area contributed by atoms with Crippen LogP contribution in [0.4, 0.5) is 0 Å². The normalized spacial score (nSPS) is 19.0. The molecule has 1 aliphatic carbocycles. The fraction of sp³-hybridized carbons (Fsp3) is 0.444. The fourth-order valence-corrected chi connectivity index (χ4v) is 3.26. The van der Waals surface area contributed by atoms with Crippen molar-refractivity contribution in [2.24, 2.45) is 0 Å². The van der Waals surface area contributed by atoms with Gasteiger partial charge in [-0.2, -0.15) is 0 Å². The molecule has 2 aromatic rings. The van der Waals surface area contributed by atoms with Crippen molar-refractivity contribution in [2.45, 2.75) is 44.7 Å². The molecule has 3 nitrogen and oxygen atoms in total. The molecule has 0 saturated carbocycles. The smallest absolute Gasteiger partial charge is 0.122 e. The molecule has 1 aromatic carbocycles. The van der Waals surface area contributed by atoms with Gasteiger partial charge in [0.15, 0.2) is 0 Å². The zero-order valence-electron chi connectivity index (χ0n) is 12.8. The van der Waals surface area contributed by atoms with E-state index in [9.17, 15) is 0 Å². The Morgan fingerprint density at radius 2 is 2.19 bits per heavy atom. The molecule has 2 atom stereocenters. The lowest BCUT2D eigenvalue weighted by Crippen LogP contribution is -2.33. The Kier molecular flexibility index (Phi) is 4.30. The first-order valence-corrected chi connectivity index (χ1v) is 7.72. The third-order valence-corrected chi connectivity index (χ3v) is 4.26. The minimum Gasteiger partial charge on any atom is -0.496 e. The maximum atomic E-state index is 5.56. The molecule has 3 rings (SSSR count). The van der Waals surface area contributed by atoms with Crippen LogP contribution in [-0.2, 0) is 12.8 Å². The lowest BCUT2D eigenvalue weighted by Gasteiger charge is -2.26. The quantitative estimate of drug-likeness (QED) is 0.905. The van der Waals surface area contributed by atoms with Gasteiger partial charge in [-0.05, 0) is 43.9 Å². The highest BCUT2D eigenvalue weighted by Crippen LogP contribution is 2.31. The van der Waals surface area contributed by atoms with E-state index in [1.807, 2.05) is 18.4 Å². The zero-order valence-corrected chi connectivity index (χ0v) is 12.8. The number of furan rings is 1. The van der Waals surface area contributed by atoms with Gasteiger partial charge in [-0.15, -0.1) is 0 Å².